The van der Waals surface area contributed by atoms with Crippen LogP contribution in [0, 0.1) is 13.8 Å². The molecule has 0 saturated heterocycles. The number of amides is 1. The highest BCUT2D eigenvalue weighted by Gasteiger charge is 2.20. The largest absolute Gasteiger partial charge is 0.452 e. The molecule has 3 N–H and O–H groups in total. The van der Waals surface area contributed by atoms with E-state index in [-0.39, 0.29) is 11.4 Å². The SMILES string of the molecule is Cc1ccc(Cl)cc1NC(=O)COC(=O)c1c(C)noc1N. The molecule has 1 aromatic heterocycles. The van der Waals surface area contributed by atoms with Crippen molar-refractivity contribution < 1.29 is 18.8 Å². The van der Waals surface area contributed by atoms with Crippen LogP contribution in [0.25, 0.3) is 0 Å². The number of hydrogen-bond acceptors (Lipinski definition) is 6. The lowest BCUT2D eigenvalue weighted by Crippen LogP contribution is -2.21. The van der Waals surface area contributed by atoms with E-state index >= 15 is 0 Å². The van der Waals surface area contributed by atoms with Crippen molar-refractivity contribution in [1.29, 1.82) is 0 Å². The highest BCUT2D eigenvalue weighted by atomic mass is 35.5. The van der Waals surface area contributed by atoms with Crippen LogP contribution in [0.3, 0.4) is 0 Å². The Morgan fingerprint density at radius 1 is 1.41 bits per heavy atom. The van der Waals surface area contributed by atoms with Crippen LogP contribution in [-0.2, 0) is 9.53 Å². The van der Waals surface area contributed by atoms with Gasteiger partial charge in [0, 0.05) is 10.7 Å². The number of hydrogen-bond donors (Lipinski definition) is 2. The van der Waals surface area contributed by atoms with Crippen molar-refractivity contribution >= 4 is 35.0 Å². The van der Waals surface area contributed by atoms with Crippen LogP contribution < -0.4 is 11.1 Å². The molecule has 0 saturated carbocycles. The van der Waals surface area contributed by atoms with Crippen molar-refractivity contribution in [2.75, 3.05) is 17.7 Å². The second kappa shape index (κ2) is 6.48. The summed E-state index contributed by atoms with van der Waals surface area (Å²) in [7, 11) is 0. The van der Waals surface area contributed by atoms with E-state index in [0.29, 0.717) is 16.4 Å². The molecule has 22 heavy (non-hydrogen) atoms. The highest BCUT2D eigenvalue weighted by molar-refractivity contribution is 6.31. The third-order valence-electron chi connectivity index (χ3n) is 2.90. The molecule has 0 aliphatic rings. The van der Waals surface area contributed by atoms with E-state index in [1.54, 1.807) is 25.1 Å². The Morgan fingerprint density at radius 2 is 2.14 bits per heavy atom. The van der Waals surface area contributed by atoms with Gasteiger partial charge in [-0.2, -0.15) is 0 Å². The predicted octanol–water partition coefficient (Wildman–Crippen LogP) is 2.32. The number of halogens is 1. The summed E-state index contributed by atoms with van der Waals surface area (Å²) in [4.78, 5) is 23.6. The predicted molar refractivity (Wildman–Crippen MR) is 80.8 cm³/mol. The molecule has 7 nitrogen and oxygen atoms in total. The lowest BCUT2D eigenvalue weighted by atomic mass is 10.2. The van der Waals surface area contributed by atoms with Gasteiger partial charge in [-0.1, -0.05) is 22.8 Å². The second-order valence-electron chi connectivity index (χ2n) is 4.59. The summed E-state index contributed by atoms with van der Waals surface area (Å²) < 4.78 is 9.55. The average molecular weight is 324 g/mol. The molecule has 0 aliphatic heterocycles. The quantitative estimate of drug-likeness (QED) is 0.836. The Bertz CT molecular complexity index is 707. The second-order valence-corrected chi connectivity index (χ2v) is 5.03. The van der Waals surface area contributed by atoms with Gasteiger partial charge in [0.25, 0.3) is 5.91 Å². The Morgan fingerprint density at radius 3 is 2.77 bits per heavy atom. The maximum Gasteiger partial charge on any atom is 0.346 e. The molecule has 1 amide bonds. The number of nitrogens with zero attached hydrogens (tertiary/aromatic N) is 1. The standard InChI is InChI=1S/C14H14ClN3O4/c1-7-3-4-9(15)5-10(7)17-11(19)6-21-14(20)12-8(2)18-22-13(12)16/h3-5H,6,16H2,1-2H3,(H,17,19). The lowest BCUT2D eigenvalue weighted by molar-refractivity contribution is -0.119. The number of nitrogens with two attached hydrogens (primary N) is 1. The van der Waals surface area contributed by atoms with Crippen molar-refractivity contribution in [1.82, 2.24) is 5.16 Å². The zero-order valence-electron chi connectivity index (χ0n) is 12.0. The summed E-state index contributed by atoms with van der Waals surface area (Å²) in [5, 5.41) is 6.64. The van der Waals surface area contributed by atoms with Crippen LogP contribution in [0.15, 0.2) is 22.7 Å². The van der Waals surface area contributed by atoms with E-state index in [2.05, 4.69) is 15.0 Å². The molecular formula is C14H14ClN3O4. The number of anilines is 2. The maximum atomic E-state index is 11.8. The number of rotatable bonds is 4. The van der Waals surface area contributed by atoms with E-state index in [1.165, 1.54) is 0 Å². The van der Waals surface area contributed by atoms with Crippen molar-refractivity contribution in [2.24, 2.45) is 0 Å². The first-order valence-electron chi connectivity index (χ1n) is 6.33. The van der Waals surface area contributed by atoms with Crippen LogP contribution in [-0.4, -0.2) is 23.6 Å². The molecule has 2 aromatic rings. The van der Waals surface area contributed by atoms with Crippen LogP contribution in [0.5, 0.6) is 0 Å². The summed E-state index contributed by atoms with van der Waals surface area (Å²) in [6, 6.07) is 5.09. The number of carbonyl (C=O) groups excluding carboxylic acids is 2. The van der Waals surface area contributed by atoms with Crippen molar-refractivity contribution in [3.05, 3.63) is 40.0 Å². The van der Waals surface area contributed by atoms with Gasteiger partial charge in [0.2, 0.25) is 5.88 Å². The number of benzene rings is 1. The number of nitrogens with one attached hydrogen (secondary N) is 1. The van der Waals surface area contributed by atoms with Crippen molar-refractivity contribution in [3.63, 3.8) is 0 Å². The molecular weight excluding hydrogens is 310 g/mol. The Labute approximate surface area is 131 Å². The van der Waals surface area contributed by atoms with Gasteiger partial charge in [0.05, 0.1) is 5.69 Å². The molecule has 116 valence electrons. The van der Waals surface area contributed by atoms with Crippen molar-refractivity contribution in [3.8, 4) is 0 Å². The number of aryl methyl sites for hydroxylation is 2. The average Bonchev–Trinajstić information content (AvgIpc) is 2.80. The molecule has 2 rings (SSSR count). The molecule has 0 bridgehead atoms. The fraction of sp³-hybridized carbons (Fsp3) is 0.214. The zero-order chi connectivity index (χ0) is 16.3. The molecule has 1 heterocycles. The van der Waals surface area contributed by atoms with Gasteiger partial charge in [-0.25, -0.2) is 4.79 Å². The summed E-state index contributed by atoms with van der Waals surface area (Å²) in [6.45, 7) is 2.90. The van der Waals surface area contributed by atoms with Gasteiger partial charge in [-0.3, -0.25) is 4.79 Å². The Balaban J connectivity index is 1.96. The lowest BCUT2D eigenvalue weighted by Gasteiger charge is -2.09. The zero-order valence-corrected chi connectivity index (χ0v) is 12.7. The minimum absolute atomic E-state index is 0.0201. The molecule has 0 fully saturated rings. The minimum atomic E-state index is -0.769. The molecule has 0 atom stereocenters. The Kier molecular flexibility index (Phi) is 4.67. The van der Waals surface area contributed by atoms with Gasteiger partial charge < -0.3 is 20.3 Å². The number of esters is 1. The highest BCUT2D eigenvalue weighted by Crippen LogP contribution is 2.20. The topological polar surface area (TPSA) is 107 Å². The van der Waals surface area contributed by atoms with Gasteiger partial charge in [-0.15, -0.1) is 0 Å². The summed E-state index contributed by atoms with van der Waals surface area (Å²) in [6.07, 6.45) is 0. The molecule has 0 spiro atoms. The van der Waals surface area contributed by atoms with Crippen LogP contribution >= 0.6 is 11.6 Å². The van der Waals surface area contributed by atoms with Gasteiger partial charge >= 0.3 is 5.97 Å². The maximum absolute atomic E-state index is 11.8. The number of aromatic nitrogens is 1. The van der Waals surface area contributed by atoms with Crippen LogP contribution in [0.2, 0.25) is 5.02 Å². The van der Waals surface area contributed by atoms with Gasteiger partial charge in [-0.05, 0) is 31.5 Å². The normalized spacial score (nSPS) is 10.3. The third-order valence-corrected chi connectivity index (χ3v) is 3.14. The van der Waals surface area contributed by atoms with E-state index in [9.17, 15) is 9.59 Å². The van der Waals surface area contributed by atoms with E-state index < -0.39 is 18.5 Å². The van der Waals surface area contributed by atoms with E-state index in [4.69, 9.17) is 22.1 Å². The number of nitrogen functional groups attached to an aromatic ring is 1. The van der Waals surface area contributed by atoms with Crippen LogP contribution in [0.1, 0.15) is 21.6 Å². The molecule has 0 aliphatic carbocycles. The fourth-order valence-corrected chi connectivity index (χ4v) is 1.93. The molecule has 1 aromatic carbocycles. The summed E-state index contributed by atoms with van der Waals surface area (Å²) in [5.74, 6) is -1.41. The van der Waals surface area contributed by atoms with Gasteiger partial charge in [0.1, 0.15) is 5.56 Å². The van der Waals surface area contributed by atoms with Crippen LogP contribution in [0.4, 0.5) is 11.6 Å². The number of ether oxygens (including phenoxy) is 1. The third kappa shape index (κ3) is 3.56. The number of carbonyl (C=O) groups is 2. The first-order valence-corrected chi connectivity index (χ1v) is 6.71. The summed E-state index contributed by atoms with van der Waals surface area (Å²) in [5.41, 5.74) is 7.17. The smallest absolute Gasteiger partial charge is 0.346 e. The first-order chi connectivity index (χ1) is 10.4. The first kappa shape index (κ1) is 15.8. The van der Waals surface area contributed by atoms with E-state index in [1.807, 2.05) is 6.92 Å². The fourth-order valence-electron chi connectivity index (χ4n) is 1.75. The Hall–Kier alpha value is -2.54. The monoisotopic (exact) mass is 323 g/mol. The minimum Gasteiger partial charge on any atom is -0.452 e. The molecule has 0 radical (unpaired) electrons. The van der Waals surface area contributed by atoms with Crippen molar-refractivity contribution in [2.45, 2.75) is 13.8 Å². The van der Waals surface area contributed by atoms with E-state index in [0.717, 1.165) is 5.56 Å². The summed E-state index contributed by atoms with van der Waals surface area (Å²) >= 11 is 5.86. The molecule has 0 unspecified atom stereocenters. The molecule has 8 heteroatoms. The van der Waals surface area contributed by atoms with Gasteiger partial charge in [0.15, 0.2) is 6.61 Å².